The lowest BCUT2D eigenvalue weighted by Crippen LogP contribution is -2.32. The van der Waals surface area contributed by atoms with Gasteiger partial charge in [-0.15, -0.1) is 0 Å². The second-order valence-electron chi connectivity index (χ2n) is 8.60. The van der Waals surface area contributed by atoms with E-state index in [1.54, 1.807) is 0 Å². The molecule has 5 rings (SSSR count). The molecule has 0 spiro atoms. The summed E-state index contributed by atoms with van der Waals surface area (Å²) in [7, 11) is 2.04. The molecular formula is C29H30N2O2+2. The number of pyridine rings is 2. The molecule has 0 amide bonds. The summed E-state index contributed by atoms with van der Waals surface area (Å²) in [5, 5.41) is 2.26. The molecule has 0 aliphatic carbocycles. The lowest BCUT2D eigenvalue weighted by atomic mass is 10.1. The Kier molecular flexibility index (Phi) is 6.34. The number of unbranched alkanes of at least 4 members (excludes halogenated alkanes) is 3. The van der Waals surface area contributed by atoms with E-state index in [1.807, 2.05) is 37.4 Å². The highest BCUT2D eigenvalue weighted by Gasteiger charge is 2.08. The van der Waals surface area contributed by atoms with Gasteiger partial charge in [0.1, 0.15) is 30.5 Å². The third-order valence-electron chi connectivity index (χ3n) is 6.13. The summed E-state index contributed by atoms with van der Waals surface area (Å²) < 4.78 is 16.2. The first-order chi connectivity index (χ1) is 16.3. The third kappa shape index (κ3) is 5.06. The Labute approximate surface area is 194 Å². The van der Waals surface area contributed by atoms with E-state index in [9.17, 15) is 0 Å². The average Bonchev–Trinajstić information content (AvgIpc) is 3.22. The topological polar surface area (TPSA) is 30.1 Å². The summed E-state index contributed by atoms with van der Waals surface area (Å²) in [5.41, 5.74) is 4.34. The molecule has 0 radical (unpaired) electrons. The predicted molar refractivity (Wildman–Crippen MR) is 131 cm³/mol. The Hall–Kier alpha value is -3.66. The van der Waals surface area contributed by atoms with Crippen LogP contribution in [0.1, 0.15) is 25.7 Å². The molecule has 4 heteroatoms. The van der Waals surface area contributed by atoms with Crippen LogP contribution in [0.2, 0.25) is 0 Å². The summed E-state index contributed by atoms with van der Waals surface area (Å²) in [4.78, 5) is 0. The number of aromatic nitrogens is 2. The molecule has 0 atom stereocenters. The fraction of sp³-hybridized carbons (Fsp3) is 0.241. The van der Waals surface area contributed by atoms with Crippen LogP contribution >= 0.6 is 0 Å². The standard InChI is InChI=1S/C29H30N2O2/c1-30-17-12-23(13-18-30)24-14-19-31(20-15-24)16-6-2-3-7-21-32-25-10-11-29-27(22-25)26-8-4-5-9-28(26)33-29/h4-5,8-15,17-20,22H,2-3,6-7,16,21H2,1H3/q+2. The number of nitrogens with zero attached hydrogens (tertiary/aromatic N) is 2. The summed E-state index contributed by atoms with van der Waals surface area (Å²) in [6, 6.07) is 22.9. The number of fused-ring (bicyclic) bond motifs is 3. The first kappa shape index (κ1) is 21.2. The van der Waals surface area contributed by atoms with Crippen molar-refractivity contribution in [1.29, 1.82) is 0 Å². The highest BCUT2D eigenvalue weighted by atomic mass is 16.5. The maximum Gasteiger partial charge on any atom is 0.169 e. The van der Waals surface area contributed by atoms with E-state index in [2.05, 4.69) is 70.3 Å². The van der Waals surface area contributed by atoms with E-state index in [-0.39, 0.29) is 0 Å². The van der Waals surface area contributed by atoms with Crippen molar-refractivity contribution in [2.24, 2.45) is 7.05 Å². The van der Waals surface area contributed by atoms with E-state index >= 15 is 0 Å². The highest BCUT2D eigenvalue weighted by molar-refractivity contribution is 6.05. The second kappa shape index (κ2) is 9.86. The number of hydrogen-bond acceptors (Lipinski definition) is 2. The molecule has 0 N–H and O–H groups in total. The average molecular weight is 439 g/mol. The maximum atomic E-state index is 6.01. The van der Waals surface area contributed by atoms with Crippen molar-refractivity contribution >= 4 is 21.9 Å². The number of benzene rings is 2. The van der Waals surface area contributed by atoms with E-state index < -0.39 is 0 Å². The van der Waals surface area contributed by atoms with Crippen LogP contribution in [0, 0.1) is 0 Å². The molecule has 0 aliphatic heterocycles. The zero-order valence-corrected chi connectivity index (χ0v) is 19.1. The SMILES string of the molecule is C[n+]1ccc(-c2cc[n+](CCCCCCOc3ccc4oc5ccccc5c4c3)cc2)cc1. The van der Waals surface area contributed by atoms with Crippen LogP contribution < -0.4 is 13.9 Å². The maximum absolute atomic E-state index is 6.01. The number of hydrogen-bond donors (Lipinski definition) is 0. The zero-order valence-electron chi connectivity index (χ0n) is 19.1. The van der Waals surface area contributed by atoms with Crippen molar-refractivity contribution in [3.63, 3.8) is 0 Å². The number of para-hydroxylation sites is 1. The molecule has 3 heterocycles. The van der Waals surface area contributed by atoms with Crippen molar-refractivity contribution < 1.29 is 18.3 Å². The fourth-order valence-corrected chi connectivity index (χ4v) is 4.23. The van der Waals surface area contributed by atoms with Gasteiger partial charge in [0.15, 0.2) is 24.8 Å². The normalized spacial score (nSPS) is 11.3. The van der Waals surface area contributed by atoms with E-state index in [0.717, 1.165) is 47.3 Å². The molecular weight excluding hydrogens is 408 g/mol. The molecule has 0 aliphatic rings. The fourth-order valence-electron chi connectivity index (χ4n) is 4.23. The molecule has 166 valence electrons. The largest absolute Gasteiger partial charge is 0.494 e. The Morgan fingerprint density at radius 1 is 0.697 bits per heavy atom. The van der Waals surface area contributed by atoms with Crippen LogP contribution in [0.5, 0.6) is 5.75 Å². The van der Waals surface area contributed by atoms with Crippen LogP contribution in [-0.4, -0.2) is 6.61 Å². The quantitative estimate of drug-likeness (QED) is 0.209. The first-order valence-corrected chi connectivity index (χ1v) is 11.8. The van der Waals surface area contributed by atoms with E-state index in [1.165, 1.54) is 30.4 Å². The molecule has 0 fully saturated rings. The molecule has 33 heavy (non-hydrogen) atoms. The van der Waals surface area contributed by atoms with Gasteiger partial charge in [0, 0.05) is 41.5 Å². The number of furan rings is 1. The van der Waals surface area contributed by atoms with Gasteiger partial charge in [-0.25, -0.2) is 9.13 Å². The Bertz CT molecular complexity index is 1340. The van der Waals surface area contributed by atoms with Crippen molar-refractivity contribution in [2.75, 3.05) is 6.61 Å². The number of ether oxygens (including phenoxy) is 1. The van der Waals surface area contributed by atoms with Gasteiger partial charge in [-0.2, -0.15) is 0 Å². The monoisotopic (exact) mass is 438 g/mol. The van der Waals surface area contributed by atoms with Crippen LogP contribution in [0.3, 0.4) is 0 Å². The molecule has 0 saturated heterocycles. The molecule has 4 nitrogen and oxygen atoms in total. The minimum Gasteiger partial charge on any atom is -0.494 e. The molecule has 3 aromatic heterocycles. The Morgan fingerprint density at radius 2 is 1.39 bits per heavy atom. The summed E-state index contributed by atoms with van der Waals surface area (Å²) in [6.45, 7) is 1.80. The molecule has 0 saturated carbocycles. The molecule has 5 aromatic rings. The third-order valence-corrected chi connectivity index (χ3v) is 6.13. The van der Waals surface area contributed by atoms with Crippen molar-refractivity contribution in [3.8, 4) is 16.9 Å². The molecule has 0 bridgehead atoms. The highest BCUT2D eigenvalue weighted by Crippen LogP contribution is 2.31. The number of rotatable bonds is 9. The lowest BCUT2D eigenvalue weighted by Gasteiger charge is -2.06. The van der Waals surface area contributed by atoms with E-state index in [4.69, 9.17) is 9.15 Å². The minimum absolute atomic E-state index is 0.748. The first-order valence-electron chi connectivity index (χ1n) is 11.8. The Morgan fingerprint density at radius 3 is 2.21 bits per heavy atom. The van der Waals surface area contributed by atoms with Crippen LogP contribution in [0.25, 0.3) is 33.1 Å². The lowest BCUT2D eigenvalue weighted by molar-refractivity contribution is -0.697. The minimum atomic E-state index is 0.748. The Balaban J connectivity index is 1.04. The number of aryl methyl sites for hydroxylation is 2. The van der Waals surface area contributed by atoms with Gasteiger partial charge in [-0.1, -0.05) is 18.2 Å². The van der Waals surface area contributed by atoms with Crippen molar-refractivity contribution in [1.82, 2.24) is 0 Å². The van der Waals surface area contributed by atoms with Gasteiger partial charge in [-0.05, 0) is 54.7 Å². The summed E-state index contributed by atoms with van der Waals surface area (Å²) in [5.74, 6) is 0.914. The van der Waals surface area contributed by atoms with Gasteiger partial charge >= 0.3 is 0 Å². The van der Waals surface area contributed by atoms with E-state index in [0.29, 0.717) is 0 Å². The molecule has 2 aromatic carbocycles. The van der Waals surface area contributed by atoms with Crippen molar-refractivity contribution in [2.45, 2.75) is 32.2 Å². The molecule has 0 unspecified atom stereocenters. The second-order valence-corrected chi connectivity index (χ2v) is 8.60. The van der Waals surface area contributed by atoms with Gasteiger partial charge < -0.3 is 9.15 Å². The van der Waals surface area contributed by atoms with Crippen LogP contribution in [-0.2, 0) is 13.6 Å². The van der Waals surface area contributed by atoms with Gasteiger partial charge in [0.05, 0.1) is 6.61 Å². The van der Waals surface area contributed by atoms with Gasteiger partial charge in [0.2, 0.25) is 0 Å². The zero-order chi connectivity index (χ0) is 22.5. The van der Waals surface area contributed by atoms with Crippen molar-refractivity contribution in [3.05, 3.63) is 91.5 Å². The van der Waals surface area contributed by atoms with Gasteiger partial charge in [0.25, 0.3) is 0 Å². The van der Waals surface area contributed by atoms with Gasteiger partial charge in [-0.3, -0.25) is 0 Å². The van der Waals surface area contributed by atoms with Crippen LogP contribution in [0.15, 0.2) is 95.9 Å². The smallest absolute Gasteiger partial charge is 0.169 e. The summed E-state index contributed by atoms with van der Waals surface area (Å²) >= 11 is 0. The summed E-state index contributed by atoms with van der Waals surface area (Å²) in [6.07, 6.45) is 13.2. The van der Waals surface area contributed by atoms with Crippen LogP contribution in [0.4, 0.5) is 0 Å². The predicted octanol–water partition coefficient (Wildman–Crippen LogP) is 6.00.